The summed E-state index contributed by atoms with van der Waals surface area (Å²) in [6.07, 6.45) is 3.82. The van der Waals surface area contributed by atoms with Crippen molar-refractivity contribution < 1.29 is 9.90 Å². The lowest BCUT2D eigenvalue weighted by molar-refractivity contribution is 0.0702. The second-order valence-corrected chi connectivity index (χ2v) is 6.23. The number of aromatic nitrogens is 1. The monoisotopic (exact) mass is 295 g/mol. The number of carbonyl (C=O) groups is 1. The number of hydrogen-bond donors (Lipinski definition) is 2. The Morgan fingerprint density at radius 3 is 2.80 bits per heavy atom. The van der Waals surface area contributed by atoms with E-state index in [-0.39, 0.29) is 17.1 Å². The molecule has 3 N–H and O–H groups in total. The number of aliphatic imine (C=N–C) groups is 1. The van der Waals surface area contributed by atoms with Gasteiger partial charge in [-0.05, 0) is 25.7 Å². The van der Waals surface area contributed by atoms with Crippen LogP contribution in [0, 0.1) is 5.92 Å². The maximum Gasteiger partial charge on any atom is 0.347 e. The van der Waals surface area contributed by atoms with Crippen molar-refractivity contribution in [3.05, 3.63) is 11.1 Å². The molecule has 0 radical (unpaired) electrons. The number of amidine groups is 1. The van der Waals surface area contributed by atoms with Crippen LogP contribution in [0.4, 0.5) is 5.13 Å². The number of thiazole rings is 1. The van der Waals surface area contributed by atoms with Crippen molar-refractivity contribution >= 4 is 28.3 Å². The quantitative estimate of drug-likeness (QED) is 0.860. The third kappa shape index (κ3) is 2.19. The molecular weight excluding hydrogens is 278 g/mol. The average Bonchev–Trinajstić information content (AvgIpc) is 2.99. The van der Waals surface area contributed by atoms with Crippen LogP contribution in [-0.4, -0.2) is 46.2 Å². The molecule has 0 aromatic carbocycles. The van der Waals surface area contributed by atoms with Crippen molar-refractivity contribution in [2.45, 2.75) is 32.0 Å². The minimum absolute atomic E-state index is 0.0909. The Kier molecular flexibility index (Phi) is 3.23. The van der Waals surface area contributed by atoms with Crippen LogP contribution < -0.4 is 10.7 Å². The van der Waals surface area contributed by atoms with Crippen LogP contribution in [0.1, 0.15) is 29.4 Å². The summed E-state index contributed by atoms with van der Waals surface area (Å²) in [6.45, 7) is 1.88. The van der Waals surface area contributed by atoms with Gasteiger partial charge < -0.3 is 10.8 Å². The number of nitrogens with zero attached hydrogens (tertiary/aromatic N) is 4. The van der Waals surface area contributed by atoms with Gasteiger partial charge in [0.25, 0.3) is 0 Å². The summed E-state index contributed by atoms with van der Waals surface area (Å²) in [6, 6.07) is -0.224. The third-order valence-corrected chi connectivity index (χ3v) is 4.48. The number of nitrogens with two attached hydrogens (primary N) is 1. The van der Waals surface area contributed by atoms with E-state index in [4.69, 9.17) is 15.8 Å². The molecule has 1 fully saturated rings. The summed E-state index contributed by atoms with van der Waals surface area (Å²) < 4.78 is 0. The molecule has 7 nitrogen and oxygen atoms in total. The van der Waals surface area contributed by atoms with Gasteiger partial charge in [-0.25, -0.2) is 19.8 Å². The molecule has 2 aliphatic rings. The van der Waals surface area contributed by atoms with Gasteiger partial charge in [0, 0.05) is 7.05 Å². The average molecular weight is 295 g/mol. The van der Waals surface area contributed by atoms with E-state index in [1.165, 1.54) is 19.0 Å². The van der Waals surface area contributed by atoms with E-state index < -0.39 is 5.97 Å². The molecular formula is C12H17N5O2S. The Labute approximate surface area is 120 Å². The summed E-state index contributed by atoms with van der Waals surface area (Å²) in [5, 5.41) is 13.5. The molecule has 1 aliphatic heterocycles. The van der Waals surface area contributed by atoms with Gasteiger partial charge in [-0.1, -0.05) is 11.3 Å². The SMILES string of the molecule is C[C@H](N)C1=NC(C2CC2)N(C)N1c1ncc(C(=O)O)s1. The van der Waals surface area contributed by atoms with Gasteiger partial charge in [-0.3, -0.25) is 0 Å². The van der Waals surface area contributed by atoms with Gasteiger partial charge in [0.1, 0.15) is 16.9 Å². The highest BCUT2D eigenvalue weighted by atomic mass is 32.1. The molecule has 1 aromatic rings. The number of carboxylic acid groups (broad SMARTS) is 1. The van der Waals surface area contributed by atoms with E-state index in [1.807, 2.05) is 24.0 Å². The molecule has 0 spiro atoms. The Morgan fingerprint density at radius 2 is 2.30 bits per heavy atom. The number of rotatable bonds is 4. The molecule has 1 saturated carbocycles. The molecule has 1 aromatic heterocycles. The molecule has 0 amide bonds. The molecule has 8 heteroatoms. The van der Waals surface area contributed by atoms with Crippen LogP contribution in [0.2, 0.25) is 0 Å². The fraction of sp³-hybridized carbons (Fsp3) is 0.583. The van der Waals surface area contributed by atoms with Crippen molar-refractivity contribution in [2.24, 2.45) is 16.6 Å². The molecule has 1 unspecified atom stereocenters. The van der Waals surface area contributed by atoms with Gasteiger partial charge >= 0.3 is 5.97 Å². The molecule has 0 saturated heterocycles. The summed E-state index contributed by atoms with van der Waals surface area (Å²) in [4.78, 5) is 20.1. The second kappa shape index (κ2) is 4.80. The van der Waals surface area contributed by atoms with E-state index in [2.05, 4.69) is 4.98 Å². The topological polar surface area (TPSA) is 95.0 Å². The number of hydrazine groups is 1. The Bertz CT molecular complexity index is 566. The summed E-state index contributed by atoms with van der Waals surface area (Å²) in [5.74, 6) is 0.349. The van der Waals surface area contributed by atoms with Crippen molar-refractivity contribution in [1.29, 1.82) is 0 Å². The first-order chi connectivity index (χ1) is 9.49. The fourth-order valence-corrected chi connectivity index (χ4v) is 3.17. The van der Waals surface area contributed by atoms with E-state index in [1.54, 1.807) is 0 Å². The number of hydrogen-bond acceptors (Lipinski definition) is 7. The summed E-state index contributed by atoms with van der Waals surface area (Å²) in [7, 11) is 1.95. The molecule has 108 valence electrons. The van der Waals surface area contributed by atoms with Gasteiger partial charge in [-0.2, -0.15) is 5.01 Å². The smallest absolute Gasteiger partial charge is 0.347 e. The lowest BCUT2D eigenvalue weighted by Gasteiger charge is -2.29. The maximum absolute atomic E-state index is 11.0. The van der Waals surface area contributed by atoms with Gasteiger partial charge in [-0.15, -0.1) is 0 Å². The zero-order valence-corrected chi connectivity index (χ0v) is 12.2. The van der Waals surface area contributed by atoms with Gasteiger partial charge in [0.05, 0.1) is 12.2 Å². The highest BCUT2D eigenvalue weighted by Crippen LogP contribution is 2.40. The van der Waals surface area contributed by atoms with Crippen molar-refractivity contribution in [3.8, 4) is 0 Å². The summed E-state index contributed by atoms with van der Waals surface area (Å²) >= 11 is 1.13. The largest absolute Gasteiger partial charge is 0.477 e. The first kappa shape index (κ1) is 13.5. The molecule has 3 rings (SSSR count). The van der Waals surface area contributed by atoms with E-state index >= 15 is 0 Å². The molecule has 1 aliphatic carbocycles. The molecule has 2 heterocycles. The lowest BCUT2D eigenvalue weighted by atomic mass is 10.3. The van der Waals surface area contributed by atoms with Crippen molar-refractivity contribution in [1.82, 2.24) is 9.99 Å². The Balaban J connectivity index is 1.93. The second-order valence-electron chi connectivity index (χ2n) is 5.22. The standard InChI is InChI=1S/C12H17N5O2S/c1-6(13)9-15-10(7-3-4-7)16(2)17(9)12-14-5-8(20-12)11(18)19/h5-7,10H,3-4,13H2,1-2H3,(H,18,19)/t6-,10?/m0/s1. The van der Waals surface area contributed by atoms with E-state index in [0.717, 1.165) is 17.2 Å². The highest BCUT2D eigenvalue weighted by Gasteiger charge is 2.43. The first-order valence-corrected chi connectivity index (χ1v) is 7.36. The predicted octanol–water partition coefficient (Wildman–Crippen LogP) is 0.990. The van der Waals surface area contributed by atoms with Gasteiger partial charge in [0.15, 0.2) is 0 Å². The third-order valence-electron chi connectivity index (χ3n) is 3.52. The van der Waals surface area contributed by atoms with Crippen molar-refractivity contribution in [3.63, 3.8) is 0 Å². The van der Waals surface area contributed by atoms with Crippen LogP contribution in [0.25, 0.3) is 0 Å². The zero-order valence-electron chi connectivity index (χ0n) is 11.4. The normalized spacial score (nSPS) is 24.9. The predicted molar refractivity (Wildman–Crippen MR) is 76.9 cm³/mol. The van der Waals surface area contributed by atoms with Crippen LogP contribution in [-0.2, 0) is 0 Å². The minimum Gasteiger partial charge on any atom is -0.477 e. The molecule has 2 atom stereocenters. The van der Waals surface area contributed by atoms with E-state index in [9.17, 15) is 4.79 Å². The van der Waals surface area contributed by atoms with Crippen molar-refractivity contribution in [2.75, 3.05) is 12.1 Å². The number of aromatic carboxylic acids is 1. The molecule has 20 heavy (non-hydrogen) atoms. The highest BCUT2D eigenvalue weighted by molar-refractivity contribution is 7.17. The fourth-order valence-electron chi connectivity index (χ4n) is 2.36. The lowest BCUT2D eigenvalue weighted by Crippen LogP contribution is -2.47. The maximum atomic E-state index is 11.0. The molecule has 0 bridgehead atoms. The van der Waals surface area contributed by atoms with Gasteiger partial charge in [0.2, 0.25) is 5.13 Å². The van der Waals surface area contributed by atoms with Crippen LogP contribution in [0.3, 0.4) is 0 Å². The minimum atomic E-state index is -0.964. The Hall–Kier alpha value is -1.51. The van der Waals surface area contributed by atoms with E-state index in [0.29, 0.717) is 11.0 Å². The van der Waals surface area contributed by atoms with Crippen LogP contribution >= 0.6 is 11.3 Å². The van der Waals surface area contributed by atoms with Crippen LogP contribution in [0.5, 0.6) is 0 Å². The first-order valence-electron chi connectivity index (χ1n) is 6.54. The number of carboxylic acids is 1. The summed E-state index contributed by atoms with van der Waals surface area (Å²) in [5.41, 5.74) is 6.00. The number of anilines is 1. The zero-order chi connectivity index (χ0) is 14.4. The Morgan fingerprint density at radius 1 is 1.60 bits per heavy atom. The van der Waals surface area contributed by atoms with Crippen LogP contribution in [0.15, 0.2) is 11.2 Å².